The Balaban J connectivity index is 1.81. The molecular formula is C11H12N4O5. The van der Waals surface area contributed by atoms with Gasteiger partial charge in [0.25, 0.3) is 5.69 Å². The zero-order valence-electron chi connectivity index (χ0n) is 10.6. The van der Waals surface area contributed by atoms with Crippen molar-refractivity contribution in [3.05, 3.63) is 28.3 Å². The van der Waals surface area contributed by atoms with E-state index in [9.17, 15) is 14.9 Å². The Labute approximate surface area is 113 Å². The van der Waals surface area contributed by atoms with E-state index >= 15 is 0 Å². The molecule has 0 saturated carbocycles. The molecule has 0 aromatic heterocycles. The summed E-state index contributed by atoms with van der Waals surface area (Å²) in [5.74, 6) is -0.536. The van der Waals surface area contributed by atoms with Crippen molar-refractivity contribution in [2.24, 2.45) is 5.92 Å². The smallest absolute Gasteiger partial charge is 0.311 e. The van der Waals surface area contributed by atoms with Crippen molar-refractivity contribution < 1.29 is 19.4 Å². The summed E-state index contributed by atoms with van der Waals surface area (Å²) in [6, 6.07) is 4.66. The highest BCUT2D eigenvalue weighted by Gasteiger charge is 2.42. The van der Waals surface area contributed by atoms with Crippen LogP contribution in [0, 0.1) is 16.0 Å². The number of nitrogens with zero attached hydrogens (tertiary/aromatic N) is 3. The van der Waals surface area contributed by atoms with Gasteiger partial charge in [0.15, 0.2) is 5.69 Å². The molecule has 0 unspecified atom stereocenters. The fourth-order valence-corrected chi connectivity index (χ4v) is 2.22. The van der Waals surface area contributed by atoms with Gasteiger partial charge in [-0.3, -0.25) is 14.9 Å². The lowest BCUT2D eigenvalue weighted by atomic mass is 10.0. The number of methoxy groups -OCH3 is 1. The molecule has 1 aromatic rings. The number of hydrogen-bond donors (Lipinski definition) is 1. The summed E-state index contributed by atoms with van der Waals surface area (Å²) in [6.07, 6.45) is 0. The third kappa shape index (κ3) is 1.84. The highest BCUT2D eigenvalue weighted by molar-refractivity contribution is 5.80. The van der Waals surface area contributed by atoms with Crippen LogP contribution < -0.4 is 10.7 Å². The molecule has 0 bridgehead atoms. The molecular weight excluding hydrogens is 268 g/mol. The SMILES string of the molecule is COC(=O)C1CN(N2ONc3cccc([N+](=O)[O-])c32)C1. The van der Waals surface area contributed by atoms with Crippen LogP contribution in [0.1, 0.15) is 0 Å². The van der Waals surface area contributed by atoms with E-state index in [1.165, 1.54) is 18.3 Å². The molecule has 0 radical (unpaired) electrons. The van der Waals surface area contributed by atoms with Crippen molar-refractivity contribution in [2.75, 3.05) is 30.9 Å². The van der Waals surface area contributed by atoms with Crippen LogP contribution >= 0.6 is 0 Å². The lowest BCUT2D eigenvalue weighted by Crippen LogP contribution is -2.58. The summed E-state index contributed by atoms with van der Waals surface area (Å²) in [5, 5.41) is 14.1. The third-order valence-corrected chi connectivity index (χ3v) is 3.30. The van der Waals surface area contributed by atoms with Gasteiger partial charge >= 0.3 is 5.97 Å². The Morgan fingerprint density at radius 1 is 1.55 bits per heavy atom. The number of fused-ring (bicyclic) bond motifs is 1. The maximum Gasteiger partial charge on any atom is 0.311 e. The Hall–Kier alpha value is -2.39. The average molecular weight is 280 g/mol. The number of hydrazine groups is 1. The number of carbonyl (C=O) groups excluding carboxylic acids is 1. The van der Waals surface area contributed by atoms with E-state index in [4.69, 9.17) is 4.94 Å². The normalized spacial score (nSPS) is 18.1. The Morgan fingerprint density at radius 3 is 2.95 bits per heavy atom. The van der Waals surface area contributed by atoms with Gasteiger partial charge in [0.05, 0.1) is 23.6 Å². The van der Waals surface area contributed by atoms with Crippen LogP contribution in [-0.2, 0) is 14.5 Å². The van der Waals surface area contributed by atoms with Crippen molar-refractivity contribution >= 4 is 23.0 Å². The minimum Gasteiger partial charge on any atom is -0.469 e. The molecule has 1 fully saturated rings. The highest BCUT2D eigenvalue weighted by atomic mass is 16.9. The van der Waals surface area contributed by atoms with Gasteiger partial charge in [0.2, 0.25) is 0 Å². The summed E-state index contributed by atoms with van der Waals surface area (Å²) in [5.41, 5.74) is 3.40. The second-order valence-electron chi connectivity index (χ2n) is 4.49. The number of rotatable bonds is 3. The van der Waals surface area contributed by atoms with Gasteiger partial charge in [-0.05, 0) is 6.07 Å². The Kier molecular flexibility index (Phi) is 2.92. The first-order chi connectivity index (χ1) is 9.61. The molecule has 0 aliphatic carbocycles. The summed E-state index contributed by atoms with van der Waals surface area (Å²) in [4.78, 5) is 27.2. The fraction of sp³-hybridized carbons (Fsp3) is 0.364. The molecule has 20 heavy (non-hydrogen) atoms. The molecule has 0 atom stereocenters. The van der Waals surface area contributed by atoms with Crippen molar-refractivity contribution in [3.63, 3.8) is 0 Å². The number of para-hydroxylation sites is 1. The van der Waals surface area contributed by atoms with Crippen molar-refractivity contribution in [2.45, 2.75) is 0 Å². The lowest BCUT2D eigenvalue weighted by Gasteiger charge is -2.41. The molecule has 1 aromatic carbocycles. The van der Waals surface area contributed by atoms with Gasteiger partial charge in [-0.25, -0.2) is 5.48 Å². The lowest BCUT2D eigenvalue weighted by molar-refractivity contribution is -0.384. The largest absolute Gasteiger partial charge is 0.469 e. The van der Waals surface area contributed by atoms with E-state index in [2.05, 4.69) is 10.2 Å². The molecule has 1 N–H and O–H groups in total. The van der Waals surface area contributed by atoms with Gasteiger partial charge in [-0.2, -0.15) is 5.01 Å². The summed E-state index contributed by atoms with van der Waals surface area (Å²) < 4.78 is 4.65. The maximum absolute atomic E-state index is 11.3. The molecule has 106 valence electrons. The number of nitrogens with one attached hydrogen (secondary N) is 1. The summed E-state index contributed by atoms with van der Waals surface area (Å²) in [6.45, 7) is 0.777. The van der Waals surface area contributed by atoms with Crippen LogP contribution in [0.5, 0.6) is 0 Å². The van der Waals surface area contributed by atoms with E-state index in [0.717, 1.165) is 0 Å². The van der Waals surface area contributed by atoms with E-state index < -0.39 is 4.92 Å². The number of nitro benzene ring substituents is 1. The second-order valence-corrected chi connectivity index (χ2v) is 4.49. The first-order valence-electron chi connectivity index (χ1n) is 5.95. The monoisotopic (exact) mass is 280 g/mol. The molecule has 1 saturated heterocycles. The minimum absolute atomic E-state index is 0.0611. The number of anilines is 2. The molecule has 2 aliphatic rings. The Morgan fingerprint density at radius 2 is 2.30 bits per heavy atom. The van der Waals surface area contributed by atoms with Gasteiger partial charge in [0, 0.05) is 19.2 Å². The second kappa shape index (κ2) is 4.62. The van der Waals surface area contributed by atoms with E-state index in [-0.39, 0.29) is 17.6 Å². The van der Waals surface area contributed by atoms with Crippen molar-refractivity contribution in [1.82, 2.24) is 5.01 Å². The predicted molar refractivity (Wildman–Crippen MR) is 67.4 cm³/mol. The number of carbonyl (C=O) groups is 1. The van der Waals surface area contributed by atoms with E-state index in [1.54, 1.807) is 17.1 Å². The van der Waals surface area contributed by atoms with Crippen LogP contribution in [0.2, 0.25) is 0 Å². The predicted octanol–water partition coefficient (Wildman–Crippen LogP) is 0.693. The number of benzene rings is 1. The van der Waals surface area contributed by atoms with Gasteiger partial charge in [-0.1, -0.05) is 6.07 Å². The Bertz CT molecular complexity index is 572. The van der Waals surface area contributed by atoms with Gasteiger partial charge in [0.1, 0.15) is 0 Å². The van der Waals surface area contributed by atoms with Crippen LogP contribution in [0.3, 0.4) is 0 Å². The summed E-state index contributed by atoms with van der Waals surface area (Å²) >= 11 is 0. The molecule has 0 spiro atoms. The number of hydrogen-bond acceptors (Lipinski definition) is 8. The van der Waals surface area contributed by atoms with E-state index in [0.29, 0.717) is 24.5 Å². The third-order valence-electron chi connectivity index (χ3n) is 3.30. The first-order valence-corrected chi connectivity index (χ1v) is 5.95. The molecule has 0 amide bonds. The quantitative estimate of drug-likeness (QED) is 0.490. The molecule has 3 rings (SSSR count). The number of ether oxygens (including phenoxy) is 1. The van der Waals surface area contributed by atoms with Crippen LogP contribution in [0.4, 0.5) is 17.1 Å². The zero-order chi connectivity index (χ0) is 14.3. The molecule has 9 heteroatoms. The minimum atomic E-state index is -0.472. The standard InChI is InChI=1S/C11H12N4O5/c1-19-11(16)7-5-13(6-7)14-10-8(12-20-14)3-2-4-9(10)15(17)18/h2-4,7,12H,5-6H2,1H3. The number of esters is 1. The highest BCUT2D eigenvalue weighted by Crippen LogP contribution is 2.42. The fourth-order valence-electron chi connectivity index (χ4n) is 2.22. The zero-order valence-corrected chi connectivity index (χ0v) is 10.6. The van der Waals surface area contributed by atoms with Crippen LogP contribution in [-0.4, -0.2) is 36.1 Å². The van der Waals surface area contributed by atoms with E-state index in [1.807, 2.05) is 0 Å². The number of nitro groups is 1. The van der Waals surface area contributed by atoms with Crippen LogP contribution in [0.15, 0.2) is 18.2 Å². The average Bonchev–Trinajstić information content (AvgIpc) is 2.80. The molecule has 9 nitrogen and oxygen atoms in total. The van der Waals surface area contributed by atoms with Crippen molar-refractivity contribution in [3.8, 4) is 0 Å². The topological polar surface area (TPSA) is 97.2 Å². The summed E-state index contributed by atoms with van der Waals surface area (Å²) in [7, 11) is 1.33. The van der Waals surface area contributed by atoms with Crippen LogP contribution in [0.25, 0.3) is 0 Å². The maximum atomic E-state index is 11.3. The van der Waals surface area contributed by atoms with Crippen molar-refractivity contribution in [1.29, 1.82) is 0 Å². The molecule has 2 heterocycles. The van der Waals surface area contributed by atoms with Gasteiger partial charge < -0.3 is 4.74 Å². The van der Waals surface area contributed by atoms with Gasteiger partial charge in [-0.15, -0.1) is 10.1 Å². The molecule has 2 aliphatic heterocycles. The first kappa shape index (κ1) is 12.6.